The standard InChI is InChI=1S/C11H16O/c1-10(7-8-12)9-11-5-3-2-4-6-11/h7-9H,2-6H2,1H3/b10-7-. The lowest BCUT2D eigenvalue weighted by molar-refractivity contribution is -0.104. The minimum atomic E-state index is 0.856. The van der Waals surface area contributed by atoms with Crippen LogP contribution in [0.1, 0.15) is 39.0 Å². The van der Waals surface area contributed by atoms with Crippen LogP contribution in [0, 0.1) is 0 Å². The normalized spacial score (nSPS) is 19.1. The quantitative estimate of drug-likeness (QED) is 0.453. The van der Waals surface area contributed by atoms with E-state index in [1.165, 1.54) is 37.7 Å². The fourth-order valence-corrected chi connectivity index (χ4v) is 1.63. The first-order valence-corrected chi connectivity index (χ1v) is 4.64. The van der Waals surface area contributed by atoms with Gasteiger partial charge < -0.3 is 0 Å². The van der Waals surface area contributed by atoms with E-state index in [2.05, 4.69) is 6.08 Å². The molecule has 0 aromatic rings. The van der Waals surface area contributed by atoms with Gasteiger partial charge in [-0.15, -0.1) is 0 Å². The molecule has 1 heteroatoms. The maximum Gasteiger partial charge on any atom is 0.143 e. The summed E-state index contributed by atoms with van der Waals surface area (Å²) in [5, 5.41) is 0. The van der Waals surface area contributed by atoms with Gasteiger partial charge in [-0.25, -0.2) is 0 Å². The van der Waals surface area contributed by atoms with Gasteiger partial charge in [0.05, 0.1) is 0 Å². The molecule has 1 saturated carbocycles. The molecule has 1 aliphatic rings. The summed E-state index contributed by atoms with van der Waals surface area (Å²) >= 11 is 0. The van der Waals surface area contributed by atoms with Crippen LogP contribution in [-0.4, -0.2) is 6.29 Å². The van der Waals surface area contributed by atoms with Crippen molar-refractivity contribution in [2.45, 2.75) is 39.0 Å². The van der Waals surface area contributed by atoms with Crippen molar-refractivity contribution in [2.75, 3.05) is 0 Å². The van der Waals surface area contributed by atoms with E-state index in [0.717, 1.165) is 11.9 Å². The van der Waals surface area contributed by atoms with Crippen LogP contribution in [0.4, 0.5) is 0 Å². The molecule has 0 amide bonds. The van der Waals surface area contributed by atoms with Gasteiger partial charge >= 0.3 is 0 Å². The summed E-state index contributed by atoms with van der Waals surface area (Å²) < 4.78 is 0. The van der Waals surface area contributed by atoms with Gasteiger partial charge in [-0.05, 0) is 44.3 Å². The second-order valence-electron chi connectivity index (χ2n) is 3.41. The van der Waals surface area contributed by atoms with Crippen LogP contribution < -0.4 is 0 Å². The maximum absolute atomic E-state index is 10.2. The van der Waals surface area contributed by atoms with E-state index >= 15 is 0 Å². The summed E-state index contributed by atoms with van der Waals surface area (Å²) in [6.45, 7) is 1.98. The van der Waals surface area contributed by atoms with Gasteiger partial charge in [-0.2, -0.15) is 0 Å². The third kappa shape index (κ3) is 3.04. The van der Waals surface area contributed by atoms with Crippen molar-refractivity contribution in [3.8, 4) is 0 Å². The number of aldehydes is 1. The summed E-state index contributed by atoms with van der Waals surface area (Å²) in [5.41, 5.74) is 2.60. The topological polar surface area (TPSA) is 17.1 Å². The molecule has 0 heterocycles. The Balaban J connectivity index is 2.53. The molecule has 0 aromatic heterocycles. The first-order chi connectivity index (χ1) is 5.83. The third-order valence-electron chi connectivity index (χ3n) is 2.26. The van der Waals surface area contributed by atoms with Gasteiger partial charge in [-0.1, -0.05) is 18.1 Å². The van der Waals surface area contributed by atoms with Crippen LogP contribution in [0.25, 0.3) is 0 Å². The average molecular weight is 164 g/mol. The fraction of sp³-hybridized carbons (Fsp3) is 0.545. The lowest BCUT2D eigenvalue weighted by atomic mass is 9.93. The molecule has 1 nitrogen and oxygen atoms in total. The monoisotopic (exact) mass is 164 g/mol. The number of rotatable bonds is 2. The molecule has 1 aliphatic carbocycles. The molecular formula is C11H16O. The zero-order chi connectivity index (χ0) is 8.81. The largest absolute Gasteiger partial charge is 0.299 e. The summed E-state index contributed by atoms with van der Waals surface area (Å²) in [7, 11) is 0. The van der Waals surface area contributed by atoms with Crippen molar-refractivity contribution in [2.24, 2.45) is 0 Å². The number of carbonyl (C=O) groups is 1. The van der Waals surface area contributed by atoms with Crippen LogP contribution in [-0.2, 0) is 4.79 Å². The first kappa shape index (κ1) is 9.24. The lowest BCUT2D eigenvalue weighted by Crippen LogP contribution is -1.93. The highest BCUT2D eigenvalue weighted by molar-refractivity contribution is 5.67. The van der Waals surface area contributed by atoms with Crippen molar-refractivity contribution in [3.63, 3.8) is 0 Å². The van der Waals surface area contributed by atoms with Crippen LogP contribution in [0.2, 0.25) is 0 Å². The minimum absolute atomic E-state index is 0.856. The number of hydrogen-bond donors (Lipinski definition) is 0. The van der Waals surface area contributed by atoms with E-state index in [9.17, 15) is 4.79 Å². The molecule has 0 N–H and O–H groups in total. The molecule has 0 aliphatic heterocycles. The summed E-state index contributed by atoms with van der Waals surface area (Å²) in [4.78, 5) is 10.2. The lowest BCUT2D eigenvalue weighted by Gasteiger charge is -2.13. The zero-order valence-electron chi connectivity index (χ0n) is 7.68. The Hall–Kier alpha value is -0.850. The second-order valence-corrected chi connectivity index (χ2v) is 3.41. The summed E-state index contributed by atoms with van der Waals surface area (Å²) in [6.07, 6.45) is 11.1. The number of hydrogen-bond acceptors (Lipinski definition) is 1. The van der Waals surface area contributed by atoms with E-state index < -0.39 is 0 Å². The molecule has 0 aromatic carbocycles. The second kappa shape index (κ2) is 4.91. The molecule has 1 rings (SSSR count). The Kier molecular flexibility index (Phi) is 3.78. The molecular weight excluding hydrogens is 148 g/mol. The van der Waals surface area contributed by atoms with E-state index in [0.29, 0.717) is 0 Å². The van der Waals surface area contributed by atoms with Crippen LogP contribution in [0.15, 0.2) is 23.3 Å². The predicted molar refractivity (Wildman–Crippen MR) is 51.0 cm³/mol. The molecule has 1 fully saturated rings. The molecule has 0 unspecified atom stereocenters. The Morgan fingerprint density at radius 2 is 1.92 bits per heavy atom. The van der Waals surface area contributed by atoms with Gasteiger partial charge in [0.1, 0.15) is 6.29 Å². The highest BCUT2D eigenvalue weighted by Gasteiger charge is 2.04. The highest BCUT2D eigenvalue weighted by Crippen LogP contribution is 2.23. The average Bonchev–Trinajstić information content (AvgIpc) is 2.06. The summed E-state index contributed by atoms with van der Waals surface area (Å²) in [5.74, 6) is 0. The van der Waals surface area contributed by atoms with Gasteiger partial charge in [0.25, 0.3) is 0 Å². The Morgan fingerprint density at radius 3 is 2.50 bits per heavy atom. The Bertz CT molecular complexity index is 203. The van der Waals surface area contributed by atoms with Crippen molar-refractivity contribution in [1.82, 2.24) is 0 Å². The van der Waals surface area contributed by atoms with Crippen molar-refractivity contribution < 1.29 is 4.79 Å². The Labute approximate surface area is 74.2 Å². The molecule has 0 atom stereocenters. The number of carbonyl (C=O) groups excluding carboxylic acids is 1. The van der Waals surface area contributed by atoms with E-state index in [-0.39, 0.29) is 0 Å². The van der Waals surface area contributed by atoms with Gasteiger partial charge in [0, 0.05) is 0 Å². The molecule has 0 radical (unpaired) electrons. The van der Waals surface area contributed by atoms with E-state index in [1.54, 1.807) is 6.08 Å². The van der Waals surface area contributed by atoms with Crippen LogP contribution in [0.3, 0.4) is 0 Å². The maximum atomic E-state index is 10.2. The predicted octanol–water partition coefficient (Wildman–Crippen LogP) is 3.02. The van der Waals surface area contributed by atoms with E-state index in [4.69, 9.17) is 0 Å². The van der Waals surface area contributed by atoms with Gasteiger partial charge in [0.15, 0.2) is 0 Å². The van der Waals surface area contributed by atoms with Crippen LogP contribution >= 0.6 is 0 Å². The molecule has 0 bridgehead atoms. The van der Waals surface area contributed by atoms with Gasteiger partial charge in [-0.3, -0.25) is 4.79 Å². The van der Waals surface area contributed by atoms with E-state index in [1.807, 2.05) is 6.92 Å². The SMILES string of the molecule is C/C(C=C1CCCCC1)=C/C=O. The molecule has 66 valence electrons. The smallest absolute Gasteiger partial charge is 0.143 e. The highest BCUT2D eigenvalue weighted by atomic mass is 16.1. The minimum Gasteiger partial charge on any atom is -0.299 e. The van der Waals surface area contributed by atoms with Crippen molar-refractivity contribution in [3.05, 3.63) is 23.3 Å². The first-order valence-electron chi connectivity index (χ1n) is 4.64. The van der Waals surface area contributed by atoms with Crippen molar-refractivity contribution in [1.29, 1.82) is 0 Å². The van der Waals surface area contributed by atoms with Gasteiger partial charge in [0.2, 0.25) is 0 Å². The Morgan fingerprint density at radius 1 is 1.25 bits per heavy atom. The molecule has 0 saturated heterocycles. The fourth-order valence-electron chi connectivity index (χ4n) is 1.63. The van der Waals surface area contributed by atoms with Crippen molar-refractivity contribution >= 4 is 6.29 Å². The third-order valence-corrected chi connectivity index (χ3v) is 2.26. The summed E-state index contributed by atoms with van der Waals surface area (Å²) in [6, 6.07) is 0. The molecule has 0 spiro atoms. The van der Waals surface area contributed by atoms with Crippen LogP contribution in [0.5, 0.6) is 0 Å². The zero-order valence-corrected chi connectivity index (χ0v) is 7.68. The number of allylic oxidation sites excluding steroid dienone is 4. The molecule has 12 heavy (non-hydrogen) atoms.